The van der Waals surface area contributed by atoms with Gasteiger partial charge in [-0.05, 0) is 6.92 Å². The van der Waals surface area contributed by atoms with Gasteiger partial charge >= 0.3 is 0 Å². The van der Waals surface area contributed by atoms with Crippen LogP contribution >= 0.6 is 0 Å². The number of imidazole rings is 1. The van der Waals surface area contributed by atoms with Crippen LogP contribution in [0.3, 0.4) is 0 Å². The fourth-order valence-electron chi connectivity index (χ4n) is 0.693. The number of sulfonamides is 1. The third-order valence-corrected chi connectivity index (χ3v) is 3.06. The van der Waals surface area contributed by atoms with Gasteiger partial charge in [0.05, 0.1) is 0 Å². The molecule has 1 rings (SSSR count). The normalized spacial score (nSPS) is 12.3. The van der Waals surface area contributed by atoms with Crippen LogP contribution in [0, 0.1) is 6.92 Å². The number of nitrogens with one attached hydrogen (secondary N) is 1. The molecule has 0 saturated heterocycles. The molecule has 0 saturated carbocycles. The molecule has 1 N–H and O–H groups in total. The molecule has 1 heterocycles. The van der Waals surface area contributed by atoms with Crippen molar-refractivity contribution in [2.45, 2.75) is 12.1 Å². The summed E-state index contributed by atoms with van der Waals surface area (Å²) in [6.07, 6.45) is 1.48. The Kier molecular flexibility index (Phi) is 2.20. The van der Waals surface area contributed by atoms with Crippen LogP contribution in [0.25, 0.3) is 0 Å². The van der Waals surface area contributed by atoms with E-state index in [1.165, 1.54) is 20.3 Å². The van der Waals surface area contributed by atoms with Crippen LogP contribution in [-0.4, -0.2) is 36.8 Å². The lowest BCUT2D eigenvalue weighted by Gasteiger charge is -2.07. The van der Waals surface area contributed by atoms with E-state index < -0.39 is 10.0 Å². The van der Waals surface area contributed by atoms with Crippen LogP contribution in [0.1, 0.15) is 5.69 Å². The van der Waals surface area contributed by atoms with Gasteiger partial charge in [0.1, 0.15) is 0 Å². The Bertz CT molecular complexity index is 366. The SMILES string of the molecule is Cc1cnc(S(=O)(=O)N(C)C)[nH]1. The fourth-order valence-corrected chi connectivity index (χ4v) is 1.51. The summed E-state index contributed by atoms with van der Waals surface area (Å²) in [6, 6.07) is 0. The van der Waals surface area contributed by atoms with Crippen molar-refractivity contribution < 1.29 is 8.42 Å². The molecule has 5 nitrogen and oxygen atoms in total. The standard InChI is InChI=1S/C6H11N3O2S/c1-5-4-7-6(8-5)12(10,11)9(2)3/h4H,1-3H3,(H,7,8). The maximum atomic E-state index is 11.4. The van der Waals surface area contributed by atoms with Crippen LogP contribution in [0.15, 0.2) is 11.4 Å². The third-order valence-electron chi connectivity index (χ3n) is 1.40. The van der Waals surface area contributed by atoms with Crippen LogP contribution in [-0.2, 0) is 10.0 Å². The van der Waals surface area contributed by atoms with E-state index in [9.17, 15) is 8.42 Å². The van der Waals surface area contributed by atoms with Crippen molar-refractivity contribution in [3.63, 3.8) is 0 Å². The first-order valence-corrected chi connectivity index (χ1v) is 4.83. The molecule has 0 fully saturated rings. The smallest absolute Gasteiger partial charge is 0.276 e. The second-order valence-corrected chi connectivity index (χ2v) is 4.73. The molecule has 0 radical (unpaired) electrons. The van der Waals surface area contributed by atoms with Gasteiger partial charge in [-0.1, -0.05) is 0 Å². The fraction of sp³-hybridized carbons (Fsp3) is 0.500. The highest BCUT2D eigenvalue weighted by molar-refractivity contribution is 7.88. The van der Waals surface area contributed by atoms with Gasteiger partial charge in [0.25, 0.3) is 10.0 Å². The highest BCUT2D eigenvalue weighted by Gasteiger charge is 2.19. The summed E-state index contributed by atoms with van der Waals surface area (Å²) < 4.78 is 23.9. The largest absolute Gasteiger partial charge is 0.332 e. The summed E-state index contributed by atoms with van der Waals surface area (Å²) >= 11 is 0. The molecular weight excluding hydrogens is 178 g/mol. The van der Waals surface area contributed by atoms with Crippen molar-refractivity contribution in [2.75, 3.05) is 14.1 Å². The van der Waals surface area contributed by atoms with Gasteiger partial charge in [0, 0.05) is 26.0 Å². The van der Waals surface area contributed by atoms with E-state index >= 15 is 0 Å². The van der Waals surface area contributed by atoms with Crippen LogP contribution in [0.4, 0.5) is 0 Å². The number of aromatic nitrogens is 2. The Labute approximate surface area is 71.5 Å². The maximum absolute atomic E-state index is 11.4. The number of hydrogen-bond acceptors (Lipinski definition) is 3. The van der Waals surface area contributed by atoms with E-state index in [0.29, 0.717) is 0 Å². The Balaban J connectivity index is 3.15. The van der Waals surface area contributed by atoms with Gasteiger partial charge in [-0.25, -0.2) is 17.7 Å². The molecule has 0 aromatic carbocycles. The minimum atomic E-state index is -3.39. The second-order valence-electron chi connectivity index (χ2n) is 2.66. The summed E-state index contributed by atoms with van der Waals surface area (Å²) in [4.78, 5) is 6.38. The number of H-pyrrole nitrogens is 1. The molecule has 0 bridgehead atoms. The molecule has 0 spiro atoms. The van der Waals surface area contributed by atoms with E-state index in [1.54, 1.807) is 6.92 Å². The summed E-state index contributed by atoms with van der Waals surface area (Å²) in [5.74, 6) is 0. The molecule has 6 heteroatoms. The number of aromatic amines is 1. The molecule has 0 amide bonds. The van der Waals surface area contributed by atoms with Gasteiger partial charge in [0.2, 0.25) is 5.16 Å². The van der Waals surface area contributed by atoms with E-state index in [4.69, 9.17) is 0 Å². The Morgan fingerprint density at radius 2 is 2.08 bits per heavy atom. The van der Waals surface area contributed by atoms with Crippen molar-refractivity contribution in [1.82, 2.24) is 14.3 Å². The van der Waals surface area contributed by atoms with Crippen molar-refractivity contribution in [1.29, 1.82) is 0 Å². The molecule has 1 aromatic heterocycles. The van der Waals surface area contributed by atoms with Crippen molar-refractivity contribution in [3.05, 3.63) is 11.9 Å². The number of hydrogen-bond donors (Lipinski definition) is 1. The lowest BCUT2D eigenvalue weighted by atomic mass is 10.6. The lowest BCUT2D eigenvalue weighted by Crippen LogP contribution is -2.23. The monoisotopic (exact) mass is 189 g/mol. The van der Waals surface area contributed by atoms with Gasteiger partial charge in [0.15, 0.2) is 0 Å². The molecule has 0 atom stereocenters. The summed E-state index contributed by atoms with van der Waals surface area (Å²) in [5, 5.41) is -0.00926. The first-order valence-electron chi connectivity index (χ1n) is 3.38. The van der Waals surface area contributed by atoms with E-state index in [-0.39, 0.29) is 5.16 Å². The zero-order valence-electron chi connectivity index (χ0n) is 7.20. The zero-order valence-corrected chi connectivity index (χ0v) is 8.01. The van der Waals surface area contributed by atoms with E-state index in [1.807, 2.05) is 0 Å². The highest BCUT2D eigenvalue weighted by atomic mass is 32.2. The third kappa shape index (κ3) is 1.49. The Morgan fingerprint density at radius 3 is 2.42 bits per heavy atom. The van der Waals surface area contributed by atoms with E-state index in [0.717, 1.165) is 10.00 Å². The Hall–Kier alpha value is -0.880. The predicted octanol–water partition coefficient (Wildman–Crippen LogP) is -0.0316. The summed E-state index contributed by atoms with van der Waals surface area (Å²) in [6.45, 7) is 1.75. The number of rotatable bonds is 2. The van der Waals surface area contributed by atoms with E-state index in [2.05, 4.69) is 9.97 Å². The average Bonchev–Trinajstić information content (AvgIpc) is 2.35. The van der Waals surface area contributed by atoms with Gasteiger partial charge in [-0.3, -0.25) is 0 Å². The van der Waals surface area contributed by atoms with Gasteiger partial charge < -0.3 is 4.98 Å². The summed E-state index contributed by atoms with van der Waals surface area (Å²) in [7, 11) is -0.458. The van der Waals surface area contributed by atoms with Crippen molar-refractivity contribution >= 4 is 10.0 Å². The van der Waals surface area contributed by atoms with Gasteiger partial charge in [-0.15, -0.1) is 0 Å². The molecule has 0 aliphatic carbocycles. The first kappa shape index (κ1) is 9.21. The molecule has 68 valence electrons. The molecule has 0 aliphatic rings. The zero-order chi connectivity index (χ0) is 9.35. The van der Waals surface area contributed by atoms with Crippen LogP contribution in [0.2, 0.25) is 0 Å². The van der Waals surface area contributed by atoms with Gasteiger partial charge in [-0.2, -0.15) is 0 Å². The molecule has 12 heavy (non-hydrogen) atoms. The quantitative estimate of drug-likeness (QED) is 0.710. The molecule has 0 aliphatic heterocycles. The van der Waals surface area contributed by atoms with Crippen LogP contribution < -0.4 is 0 Å². The van der Waals surface area contributed by atoms with Crippen molar-refractivity contribution in [3.8, 4) is 0 Å². The molecular formula is C6H11N3O2S. The lowest BCUT2D eigenvalue weighted by molar-refractivity contribution is 0.513. The minimum Gasteiger partial charge on any atom is -0.332 e. The molecule has 1 aromatic rings. The Morgan fingerprint density at radius 1 is 1.50 bits per heavy atom. The minimum absolute atomic E-state index is 0.00926. The topological polar surface area (TPSA) is 66.1 Å². The van der Waals surface area contributed by atoms with Crippen molar-refractivity contribution in [2.24, 2.45) is 0 Å². The first-order chi connectivity index (χ1) is 5.44. The summed E-state index contributed by atoms with van der Waals surface area (Å²) in [5.41, 5.74) is 0.732. The number of aryl methyl sites for hydroxylation is 1. The van der Waals surface area contributed by atoms with Crippen LogP contribution in [0.5, 0.6) is 0 Å². The predicted molar refractivity (Wildman–Crippen MR) is 44.2 cm³/mol. The maximum Gasteiger partial charge on any atom is 0.276 e. The second kappa shape index (κ2) is 2.87. The number of nitrogens with zero attached hydrogens (tertiary/aromatic N) is 2. The average molecular weight is 189 g/mol. The molecule has 0 unspecified atom stereocenters. The highest BCUT2D eigenvalue weighted by Crippen LogP contribution is 2.07.